The van der Waals surface area contributed by atoms with Gasteiger partial charge in [0.25, 0.3) is 0 Å². The van der Waals surface area contributed by atoms with Crippen LogP contribution < -0.4 is 9.80 Å². The van der Waals surface area contributed by atoms with Gasteiger partial charge in [0.1, 0.15) is 0 Å². The molecule has 2 aliphatic heterocycles. The van der Waals surface area contributed by atoms with E-state index in [0.29, 0.717) is 16.9 Å². The lowest BCUT2D eigenvalue weighted by Crippen LogP contribution is -2.67. The molecule has 3 fully saturated rings. The Morgan fingerprint density at radius 2 is 1.12 bits per heavy atom. The fourth-order valence-corrected chi connectivity index (χ4v) is 8.75. The predicted molar refractivity (Wildman–Crippen MR) is 150 cm³/mol. The number of carbonyl (C=O) groups excluding carboxylic acids is 5. The van der Waals surface area contributed by atoms with E-state index in [1.54, 1.807) is 45.0 Å². The number of alkyl halides is 1. The molecule has 2 aromatic rings. The van der Waals surface area contributed by atoms with Crippen molar-refractivity contribution in [3.8, 4) is 0 Å². The maximum atomic E-state index is 14.3. The third kappa shape index (κ3) is 3.09. The fourth-order valence-electron chi connectivity index (χ4n) is 7.63. The molecule has 9 heteroatoms. The summed E-state index contributed by atoms with van der Waals surface area (Å²) in [6.07, 6.45) is 0. The lowest BCUT2D eigenvalue weighted by Gasteiger charge is -2.59. The summed E-state index contributed by atoms with van der Waals surface area (Å²) >= 11 is 3.79. The highest BCUT2D eigenvalue weighted by molar-refractivity contribution is 9.10. The maximum Gasteiger partial charge on any atom is 0.334 e. The first kappa shape index (κ1) is 26.6. The maximum absolute atomic E-state index is 14.3. The zero-order valence-corrected chi connectivity index (χ0v) is 24.4. The second kappa shape index (κ2) is 8.70. The molecule has 40 heavy (non-hydrogen) atoms. The number of benzene rings is 2. The van der Waals surface area contributed by atoms with Gasteiger partial charge < -0.3 is 4.74 Å². The predicted octanol–water partition coefficient (Wildman–Crippen LogP) is 4.26. The van der Waals surface area contributed by atoms with Crippen molar-refractivity contribution in [2.45, 2.75) is 38.9 Å². The number of ether oxygens (including phenoxy) is 1. The number of hydrogen-bond acceptors (Lipinski definition) is 6. The zero-order chi connectivity index (χ0) is 28.9. The normalized spacial score (nSPS) is 32.6. The molecule has 8 nitrogen and oxygen atoms in total. The highest BCUT2D eigenvalue weighted by atomic mass is 79.9. The summed E-state index contributed by atoms with van der Waals surface area (Å²) in [4.78, 5) is 72.8. The van der Waals surface area contributed by atoms with Gasteiger partial charge in [0.15, 0.2) is 0 Å². The second-order valence-corrected chi connectivity index (χ2v) is 12.7. The minimum absolute atomic E-state index is 0.0912. The van der Waals surface area contributed by atoms with Crippen LogP contribution in [0.4, 0.5) is 11.4 Å². The van der Waals surface area contributed by atoms with E-state index in [0.717, 1.165) is 20.9 Å². The number of aryl methyl sites for hydroxylation is 2. The van der Waals surface area contributed by atoms with Crippen molar-refractivity contribution < 1.29 is 28.7 Å². The lowest BCUT2D eigenvalue weighted by atomic mass is 9.43. The number of esters is 1. The first-order valence-electron chi connectivity index (χ1n) is 13.4. The Bertz CT molecular complexity index is 1450. The van der Waals surface area contributed by atoms with Crippen LogP contribution in [0.25, 0.3) is 0 Å². The molecule has 3 aliphatic carbocycles. The minimum atomic E-state index is -1.46. The molecule has 5 aliphatic rings. The third-order valence-electron chi connectivity index (χ3n) is 9.36. The van der Waals surface area contributed by atoms with Gasteiger partial charge in [-0.25, -0.2) is 14.6 Å². The summed E-state index contributed by atoms with van der Waals surface area (Å²) in [5.74, 6) is -6.67. The number of halogens is 1. The number of carbonyl (C=O) groups is 5. The fraction of sp³-hybridized carbons (Fsp3) is 0.387. The summed E-state index contributed by atoms with van der Waals surface area (Å²) in [7, 11) is 0. The zero-order valence-electron chi connectivity index (χ0n) is 22.9. The molecule has 2 unspecified atom stereocenters. The van der Waals surface area contributed by atoms with Crippen LogP contribution in [0.2, 0.25) is 0 Å². The van der Waals surface area contributed by atoms with Crippen molar-refractivity contribution in [3.63, 3.8) is 0 Å². The number of nitrogens with zero attached hydrogens (tertiary/aromatic N) is 2. The molecule has 2 bridgehead atoms. The Labute approximate surface area is 240 Å². The number of anilines is 2. The average Bonchev–Trinajstić information content (AvgIpc) is 3.34. The van der Waals surface area contributed by atoms with Crippen LogP contribution in [0.1, 0.15) is 31.9 Å². The molecule has 0 aromatic heterocycles. The van der Waals surface area contributed by atoms with Crippen molar-refractivity contribution in [1.29, 1.82) is 0 Å². The van der Waals surface area contributed by atoms with Crippen molar-refractivity contribution in [1.82, 2.24) is 0 Å². The van der Waals surface area contributed by atoms with Crippen molar-refractivity contribution in [3.05, 3.63) is 70.8 Å². The quantitative estimate of drug-likeness (QED) is 0.294. The van der Waals surface area contributed by atoms with E-state index in [2.05, 4.69) is 15.9 Å². The highest BCUT2D eigenvalue weighted by Gasteiger charge is 2.81. The van der Waals surface area contributed by atoms with Gasteiger partial charge in [-0.1, -0.05) is 58.2 Å². The first-order valence-corrected chi connectivity index (χ1v) is 14.2. The molecule has 1 saturated carbocycles. The van der Waals surface area contributed by atoms with Gasteiger partial charge in [-0.05, 0) is 57.5 Å². The van der Waals surface area contributed by atoms with Gasteiger partial charge in [0.2, 0.25) is 23.6 Å². The average molecular weight is 605 g/mol. The number of imide groups is 2. The van der Waals surface area contributed by atoms with E-state index in [9.17, 15) is 24.0 Å². The molecule has 2 saturated heterocycles. The van der Waals surface area contributed by atoms with Gasteiger partial charge in [-0.3, -0.25) is 19.2 Å². The number of hydrogen-bond donors (Lipinski definition) is 0. The lowest BCUT2D eigenvalue weighted by molar-refractivity contribution is -0.152. The first-order chi connectivity index (χ1) is 18.9. The van der Waals surface area contributed by atoms with Crippen LogP contribution in [-0.4, -0.2) is 40.5 Å². The molecule has 0 radical (unpaired) electrons. The van der Waals surface area contributed by atoms with Crippen LogP contribution in [0, 0.1) is 42.9 Å². The van der Waals surface area contributed by atoms with E-state index in [4.69, 9.17) is 4.74 Å². The van der Waals surface area contributed by atoms with Gasteiger partial charge in [-0.2, -0.15) is 0 Å². The van der Waals surface area contributed by atoms with E-state index < -0.39 is 63.0 Å². The summed E-state index contributed by atoms with van der Waals surface area (Å²) in [6, 6.07) is 14.1. The molecule has 0 spiro atoms. The molecule has 6 atom stereocenters. The molecule has 0 N–H and O–H groups in total. The van der Waals surface area contributed by atoms with E-state index in [1.807, 2.05) is 38.1 Å². The molecular weight excluding hydrogens is 576 g/mol. The highest BCUT2D eigenvalue weighted by Crippen LogP contribution is 2.72. The van der Waals surface area contributed by atoms with Crippen molar-refractivity contribution in [2.75, 3.05) is 16.4 Å². The molecule has 4 amide bonds. The summed E-state index contributed by atoms with van der Waals surface area (Å²) in [5.41, 5.74) is 1.94. The summed E-state index contributed by atoms with van der Waals surface area (Å²) < 4.78 is 4.00. The van der Waals surface area contributed by atoms with Crippen molar-refractivity contribution in [2.24, 2.45) is 29.1 Å². The van der Waals surface area contributed by atoms with Crippen LogP contribution in [0.3, 0.4) is 0 Å². The number of allylic oxidation sites excluding steroid dienone is 1. The standard InChI is InChI=1S/C31H29BrN2O6/c1-6-40-29(39)20-17(4)31(32)23-21(25(35)33(27(23)37)18-11-7-15(2)8-12-18)30(20,5)22-24(31)28(38)34(26(22)36)19-13-9-16(3)10-14-19/h7-14,21-24H,6H2,1-5H3/t21-,22+,23-,24-,30?,31?/m1/s1. The minimum Gasteiger partial charge on any atom is -0.463 e. The molecule has 2 heterocycles. The van der Waals surface area contributed by atoms with E-state index in [1.165, 1.54) is 0 Å². The van der Waals surface area contributed by atoms with Gasteiger partial charge in [0, 0.05) is 11.0 Å². The van der Waals surface area contributed by atoms with Gasteiger partial charge in [-0.15, -0.1) is 0 Å². The Morgan fingerprint density at radius 1 is 0.750 bits per heavy atom. The molecule has 2 aromatic carbocycles. The number of rotatable bonds is 4. The summed E-state index contributed by atoms with van der Waals surface area (Å²) in [6.45, 7) is 8.96. The van der Waals surface area contributed by atoms with Gasteiger partial charge >= 0.3 is 5.97 Å². The second-order valence-electron chi connectivity index (χ2n) is 11.4. The van der Waals surface area contributed by atoms with Crippen LogP contribution in [-0.2, 0) is 28.7 Å². The third-order valence-corrected chi connectivity index (χ3v) is 10.9. The molecule has 206 valence electrons. The smallest absolute Gasteiger partial charge is 0.334 e. The topological polar surface area (TPSA) is 101 Å². The van der Waals surface area contributed by atoms with Crippen LogP contribution in [0.5, 0.6) is 0 Å². The Kier molecular flexibility index (Phi) is 5.79. The monoisotopic (exact) mass is 604 g/mol. The van der Waals surface area contributed by atoms with Crippen LogP contribution >= 0.6 is 15.9 Å². The number of amides is 4. The molecular formula is C31H29BrN2O6. The van der Waals surface area contributed by atoms with E-state index in [-0.39, 0.29) is 12.2 Å². The largest absolute Gasteiger partial charge is 0.463 e. The van der Waals surface area contributed by atoms with Crippen LogP contribution in [0.15, 0.2) is 59.7 Å². The Hall–Kier alpha value is -3.59. The Morgan fingerprint density at radius 3 is 1.50 bits per heavy atom. The summed E-state index contributed by atoms with van der Waals surface area (Å²) in [5, 5.41) is 0. The van der Waals surface area contributed by atoms with Gasteiger partial charge in [0.05, 0.1) is 46.0 Å². The van der Waals surface area contributed by atoms with E-state index >= 15 is 0 Å². The van der Waals surface area contributed by atoms with Crippen molar-refractivity contribution >= 4 is 56.9 Å². The molecule has 7 rings (SSSR count). The SMILES string of the molecule is CCOC(=O)C1=C(C)C2(Br)[C@H]3C(=O)N(c4ccc(C)cc4)C(=O)[C@H]3C1(C)[C@H]1C(=O)N(c3ccc(C)cc3)C(=O)[C@@H]12. The Balaban J connectivity index is 1.58.